The Morgan fingerprint density at radius 1 is 0.839 bits per heavy atom. The van der Waals surface area contributed by atoms with E-state index < -0.39 is 0 Å². The molecule has 5 heterocycles. The number of rotatable bonds is 4. The zero-order valence-corrected chi connectivity index (χ0v) is 18.1. The maximum atomic E-state index is 13.2. The Labute approximate surface area is 183 Å². The second kappa shape index (κ2) is 9.08. The average molecular weight is 422 g/mol. The molecule has 0 saturated carbocycles. The van der Waals surface area contributed by atoms with E-state index in [2.05, 4.69) is 34.6 Å². The lowest BCUT2D eigenvalue weighted by Crippen LogP contribution is -2.52. The Kier molecular flexibility index (Phi) is 5.86. The quantitative estimate of drug-likeness (QED) is 0.748. The van der Waals surface area contributed by atoms with Crippen molar-refractivity contribution < 1.29 is 4.79 Å². The second-order valence-corrected chi connectivity index (χ2v) is 8.69. The summed E-state index contributed by atoms with van der Waals surface area (Å²) in [6.07, 6.45) is 9.67. The first-order valence-corrected chi connectivity index (χ1v) is 11.5. The predicted octanol–water partition coefficient (Wildman–Crippen LogP) is 2.04. The Bertz CT molecular complexity index is 871. The lowest BCUT2D eigenvalue weighted by molar-refractivity contribution is -0.136. The summed E-state index contributed by atoms with van der Waals surface area (Å²) in [6.45, 7) is 7.18. The highest BCUT2D eigenvalue weighted by Gasteiger charge is 2.32. The van der Waals surface area contributed by atoms with Gasteiger partial charge in [-0.25, -0.2) is 15.0 Å². The van der Waals surface area contributed by atoms with Gasteiger partial charge in [0, 0.05) is 64.5 Å². The SMILES string of the molecule is O=C(C1CCN(c2cncnc2N2CCCC2)CC1)N1CCN(c2ccccn2)CC1. The number of aromatic nitrogens is 3. The van der Waals surface area contributed by atoms with Crippen molar-refractivity contribution in [3.8, 4) is 0 Å². The van der Waals surface area contributed by atoms with Crippen molar-refractivity contribution in [1.82, 2.24) is 19.9 Å². The van der Waals surface area contributed by atoms with Crippen LogP contribution in [-0.4, -0.2) is 78.1 Å². The number of hydrogen-bond donors (Lipinski definition) is 0. The van der Waals surface area contributed by atoms with Gasteiger partial charge in [0.05, 0.1) is 11.9 Å². The summed E-state index contributed by atoms with van der Waals surface area (Å²) in [6, 6.07) is 5.99. The molecule has 3 saturated heterocycles. The molecule has 5 rings (SSSR count). The molecule has 164 valence electrons. The fourth-order valence-corrected chi connectivity index (χ4v) is 5.03. The molecule has 3 fully saturated rings. The topological polar surface area (TPSA) is 68.7 Å². The molecule has 3 aliphatic heterocycles. The summed E-state index contributed by atoms with van der Waals surface area (Å²) in [5, 5.41) is 0. The summed E-state index contributed by atoms with van der Waals surface area (Å²) >= 11 is 0. The van der Waals surface area contributed by atoms with E-state index >= 15 is 0 Å². The van der Waals surface area contributed by atoms with Crippen LogP contribution in [0.15, 0.2) is 36.9 Å². The molecule has 0 atom stereocenters. The zero-order valence-electron chi connectivity index (χ0n) is 18.1. The van der Waals surface area contributed by atoms with Gasteiger partial charge in [-0.1, -0.05) is 6.07 Å². The Balaban J connectivity index is 1.16. The van der Waals surface area contributed by atoms with Gasteiger partial charge in [0.15, 0.2) is 5.82 Å². The molecular weight excluding hydrogens is 390 g/mol. The van der Waals surface area contributed by atoms with Crippen molar-refractivity contribution >= 4 is 23.2 Å². The number of carbonyl (C=O) groups is 1. The summed E-state index contributed by atoms with van der Waals surface area (Å²) in [5.74, 6) is 2.51. The molecule has 0 aromatic carbocycles. The molecule has 0 unspecified atom stereocenters. The van der Waals surface area contributed by atoms with Gasteiger partial charge < -0.3 is 19.6 Å². The van der Waals surface area contributed by atoms with E-state index in [4.69, 9.17) is 0 Å². The van der Waals surface area contributed by atoms with Crippen LogP contribution < -0.4 is 14.7 Å². The lowest BCUT2D eigenvalue weighted by atomic mass is 9.94. The molecule has 0 N–H and O–H groups in total. The zero-order chi connectivity index (χ0) is 21.0. The fourth-order valence-electron chi connectivity index (χ4n) is 5.03. The highest BCUT2D eigenvalue weighted by Crippen LogP contribution is 2.32. The van der Waals surface area contributed by atoms with Crippen molar-refractivity contribution in [1.29, 1.82) is 0 Å². The monoisotopic (exact) mass is 421 g/mol. The van der Waals surface area contributed by atoms with Crippen molar-refractivity contribution in [2.45, 2.75) is 25.7 Å². The number of piperazine rings is 1. The van der Waals surface area contributed by atoms with Crippen LogP contribution in [0, 0.1) is 5.92 Å². The molecular formula is C23H31N7O. The van der Waals surface area contributed by atoms with Crippen molar-refractivity contribution in [2.24, 2.45) is 5.92 Å². The van der Waals surface area contributed by atoms with E-state index in [0.717, 1.165) is 82.5 Å². The molecule has 8 heteroatoms. The second-order valence-electron chi connectivity index (χ2n) is 8.69. The van der Waals surface area contributed by atoms with Crippen LogP contribution in [-0.2, 0) is 4.79 Å². The molecule has 0 aliphatic carbocycles. The van der Waals surface area contributed by atoms with Gasteiger partial charge in [-0.2, -0.15) is 0 Å². The number of carbonyl (C=O) groups excluding carboxylic acids is 1. The molecule has 0 spiro atoms. The average Bonchev–Trinajstić information content (AvgIpc) is 3.39. The van der Waals surface area contributed by atoms with Gasteiger partial charge in [-0.05, 0) is 37.8 Å². The highest BCUT2D eigenvalue weighted by atomic mass is 16.2. The Morgan fingerprint density at radius 2 is 1.61 bits per heavy atom. The minimum atomic E-state index is 0.123. The minimum Gasteiger partial charge on any atom is -0.367 e. The summed E-state index contributed by atoms with van der Waals surface area (Å²) in [4.78, 5) is 35.5. The maximum absolute atomic E-state index is 13.2. The number of nitrogens with zero attached hydrogens (tertiary/aromatic N) is 7. The van der Waals surface area contributed by atoms with E-state index in [-0.39, 0.29) is 5.92 Å². The maximum Gasteiger partial charge on any atom is 0.225 e. The molecule has 31 heavy (non-hydrogen) atoms. The first-order chi connectivity index (χ1) is 15.3. The molecule has 8 nitrogen and oxygen atoms in total. The lowest BCUT2D eigenvalue weighted by Gasteiger charge is -2.39. The molecule has 0 bridgehead atoms. The first kappa shape index (κ1) is 20.0. The van der Waals surface area contributed by atoms with Gasteiger partial charge >= 0.3 is 0 Å². The number of pyridine rings is 1. The first-order valence-electron chi connectivity index (χ1n) is 11.5. The van der Waals surface area contributed by atoms with E-state index in [1.807, 2.05) is 30.6 Å². The molecule has 2 aromatic rings. The van der Waals surface area contributed by atoms with E-state index in [0.29, 0.717) is 5.91 Å². The van der Waals surface area contributed by atoms with Gasteiger partial charge in [0.1, 0.15) is 12.1 Å². The van der Waals surface area contributed by atoms with E-state index in [1.165, 1.54) is 12.8 Å². The van der Waals surface area contributed by atoms with Crippen LogP contribution in [0.5, 0.6) is 0 Å². The summed E-state index contributed by atoms with van der Waals surface area (Å²) in [5.41, 5.74) is 1.12. The highest BCUT2D eigenvalue weighted by molar-refractivity contribution is 5.79. The smallest absolute Gasteiger partial charge is 0.225 e. The number of hydrogen-bond acceptors (Lipinski definition) is 7. The standard InChI is InChI=1S/C23H31N7O/c31-23(30-15-13-28(14-16-30)21-5-1-2-8-25-21)19-6-11-27(12-7-19)20-17-24-18-26-22(20)29-9-3-4-10-29/h1-2,5,8,17-19H,3-4,6-7,9-16H2. The van der Waals surface area contributed by atoms with Crippen LogP contribution in [0.2, 0.25) is 0 Å². The number of piperidine rings is 1. The van der Waals surface area contributed by atoms with Crippen LogP contribution in [0.3, 0.4) is 0 Å². The fraction of sp³-hybridized carbons (Fsp3) is 0.565. The Hall–Kier alpha value is -2.90. The molecule has 1 amide bonds. The molecule has 3 aliphatic rings. The summed E-state index contributed by atoms with van der Waals surface area (Å²) in [7, 11) is 0. The van der Waals surface area contributed by atoms with Crippen molar-refractivity contribution in [3.05, 3.63) is 36.9 Å². The molecule has 2 aromatic heterocycles. The van der Waals surface area contributed by atoms with Crippen LogP contribution in [0.4, 0.5) is 17.3 Å². The minimum absolute atomic E-state index is 0.123. The van der Waals surface area contributed by atoms with E-state index in [1.54, 1.807) is 6.33 Å². The van der Waals surface area contributed by atoms with Crippen molar-refractivity contribution in [3.63, 3.8) is 0 Å². The van der Waals surface area contributed by atoms with Gasteiger partial charge in [-0.3, -0.25) is 4.79 Å². The van der Waals surface area contributed by atoms with Crippen LogP contribution in [0.1, 0.15) is 25.7 Å². The third-order valence-electron chi connectivity index (χ3n) is 6.83. The third kappa shape index (κ3) is 4.29. The van der Waals surface area contributed by atoms with Gasteiger partial charge in [-0.15, -0.1) is 0 Å². The summed E-state index contributed by atoms with van der Waals surface area (Å²) < 4.78 is 0. The normalized spacial score (nSPS) is 20.4. The third-order valence-corrected chi connectivity index (χ3v) is 6.83. The van der Waals surface area contributed by atoms with Gasteiger partial charge in [0.25, 0.3) is 0 Å². The van der Waals surface area contributed by atoms with Gasteiger partial charge in [0.2, 0.25) is 5.91 Å². The molecule has 0 radical (unpaired) electrons. The van der Waals surface area contributed by atoms with Crippen molar-refractivity contribution in [2.75, 3.05) is 67.1 Å². The predicted molar refractivity (Wildman–Crippen MR) is 121 cm³/mol. The number of anilines is 3. The van der Waals surface area contributed by atoms with Crippen LogP contribution >= 0.6 is 0 Å². The van der Waals surface area contributed by atoms with E-state index in [9.17, 15) is 4.79 Å². The largest absolute Gasteiger partial charge is 0.367 e. The van der Waals surface area contributed by atoms with Crippen LogP contribution in [0.25, 0.3) is 0 Å². The number of amides is 1. The Morgan fingerprint density at radius 3 is 2.32 bits per heavy atom.